The second-order valence-electron chi connectivity index (χ2n) is 5.34. The lowest BCUT2D eigenvalue weighted by molar-refractivity contribution is -0.136. The van der Waals surface area contributed by atoms with E-state index in [1.165, 1.54) is 4.90 Å². The highest BCUT2D eigenvalue weighted by Gasteiger charge is 2.24. The second-order valence-corrected chi connectivity index (χ2v) is 5.34. The predicted molar refractivity (Wildman–Crippen MR) is 80.0 cm³/mol. The Morgan fingerprint density at radius 1 is 1.35 bits per heavy atom. The molecule has 0 aliphatic heterocycles. The number of carbonyl (C=O) groups excluding carboxylic acids is 2. The molecule has 116 valence electrons. The van der Waals surface area contributed by atoms with Crippen LogP contribution in [0.15, 0.2) is 4.99 Å². The van der Waals surface area contributed by atoms with Gasteiger partial charge in [-0.25, -0.2) is 0 Å². The third kappa shape index (κ3) is 7.08. The summed E-state index contributed by atoms with van der Waals surface area (Å²) >= 11 is 0. The van der Waals surface area contributed by atoms with Gasteiger partial charge in [0, 0.05) is 13.6 Å². The lowest BCUT2D eigenvalue weighted by Gasteiger charge is -2.27. The Morgan fingerprint density at radius 2 is 1.95 bits per heavy atom. The Kier molecular flexibility index (Phi) is 8.54. The van der Waals surface area contributed by atoms with Gasteiger partial charge in [0.25, 0.3) is 0 Å². The van der Waals surface area contributed by atoms with Gasteiger partial charge in [-0.1, -0.05) is 13.8 Å². The zero-order chi connectivity index (χ0) is 15.7. The van der Waals surface area contributed by atoms with E-state index >= 15 is 0 Å². The first kappa shape index (κ1) is 18.4. The molecule has 20 heavy (non-hydrogen) atoms. The maximum Gasteiger partial charge on any atom is 0.239 e. The van der Waals surface area contributed by atoms with Crippen molar-refractivity contribution >= 4 is 18.2 Å². The Balaban J connectivity index is 4.38. The lowest BCUT2D eigenvalue weighted by Crippen LogP contribution is -2.47. The maximum atomic E-state index is 12.1. The molecule has 0 aliphatic carbocycles. The first-order valence-electron chi connectivity index (χ1n) is 6.82. The average molecular weight is 285 g/mol. The molecular formula is C13H27N5O2. The molecule has 0 rings (SSSR count). The quantitative estimate of drug-likeness (QED) is 0.226. The summed E-state index contributed by atoms with van der Waals surface area (Å²) in [5.41, 5.74) is 16.3. The van der Waals surface area contributed by atoms with Crippen molar-refractivity contribution < 1.29 is 9.59 Å². The van der Waals surface area contributed by atoms with E-state index < -0.39 is 12.1 Å². The molecule has 0 aromatic heterocycles. The number of rotatable bonds is 9. The smallest absolute Gasteiger partial charge is 0.239 e. The third-order valence-corrected chi connectivity index (χ3v) is 3.00. The van der Waals surface area contributed by atoms with Crippen LogP contribution < -0.4 is 17.2 Å². The largest absolute Gasteiger partial charge is 0.370 e. The fourth-order valence-corrected chi connectivity index (χ4v) is 1.90. The van der Waals surface area contributed by atoms with Gasteiger partial charge < -0.3 is 26.9 Å². The molecule has 6 N–H and O–H groups in total. The van der Waals surface area contributed by atoms with Gasteiger partial charge in [0.15, 0.2) is 5.96 Å². The Morgan fingerprint density at radius 3 is 2.40 bits per heavy atom. The summed E-state index contributed by atoms with van der Waals surface area (Å²) in [6.45, 7) is 4.44. The zero-order valence-corrected chi connectivity index (χ0v) is 12.6. The molecule has 1 amide bonds. The predicted octanol–water partition coefficient (Wildman–Crippen LogP) is -0.561. The van der Waals surface area contributed by atoms with Crippen molar-refractivity contribution in [2.75, 3.05) is 13.6 Å². The fourth-order valence-electron chi connectivity index (χ4n) is 1.90. The summed E-state index contributed by atoms with van der Waals surface area (Å²) < 4.78 is 0. The molecule has 7 heteroatoms. The number of likely N-dealkylation sites (N-methyl/N-ethyl adjacent to an activating group) is 1. The first-order chi connectivity index (χ1) is 9.29. The average Bonchev–Trinajstić information content (AvgIpc) is 2.36. The van der Waals surface area contributed by atoms with E-state index in [9.17, 15) is 9.59 Å². The first-order valence-corrected chi connectivity index (χ1v) is 6.82. The van der Waals surface area contributed by atoms with Gasteiger partial charge in [-0.3, -0.25) is 9.79 Å². The van der Waals surface area contributed by atoms with Gasteiger partial charge in [-0.15, -0.1) is 0 Å². The van der Waals surface area contributed by atoms with E-state index in [1.54, 1.807) is 7.05 Å². The van der Waals surface area contributed by atoms with Crippen LogP contribution in [0.3, 0.4) is 0 Å². The van der Waals surface area contributed by atoms with Crippen LogP contribution in [0.4, 0.5) is 0 Å². The number of aliphatic imine (C=N–C) groups is 1. The van der Waals surface area contributed by atoms with Crippen molar-refractivity contribution in [3.8, 4) is 0 Å². The van der Waals surface area contributed by atoms with Crippen LogP contribution in [-0.2, 0) is 9.59 Å². The summed E-state index contributed by atoms with van der Waals surface area (Å²) in [5.74, 6) is 0.146. The topological polar surface area (TPSA) is 128 Å². The normalized spacial score (nSPS) is 13.7. The summed E-state index contributed by atoms with van der Waals surface area (Å²) in [4.78, 5) is 28.4. The molecule has 0 saturated heterocycles. The number of aldehydes is 1. The van der Waals surface area contributed by atoms with E-state index in [1.807, 2.05) is 13.8 Å². The SMILES string of the molecule is CC(C)C[C@H](N)C(=O)N(C)[C@H](C=O)CCCN=C(N)N. The Hall–Kier alpha value is -1.63. The molecular weight excluding hydrogens is 258 g/mol. The number of carbonyl (C=O) groups is 2. The number of amides is 1. The number of nitrogens with zero attached hydrogens (tertiary/aromatic N) is 2. The van der Waals surface area contributed by atoms with E-state index in [4.69, 9.17) is 17.2 Å². The minimum absolute atomic E-state index is 0.0241. The van der Waals surface area contributed by atoms with E-state index in [0.717, 1.165) is 6.29 Å². The molecule has 0 spiro atoms. The van der Waals surface area contributed by atoms with Crippen LogP contribution in [0.2, 0.25) is 0 Å². The van der Waals surface area contributed by atoms with Gasteiger partial charge in [0.1, 0.15) is 6.29 Å². The van der Waals surface area contributed by atoms with E-state index in [2.05, 4.69) is 4.99 Å². The number of hydrogen-bond donors (Lipinski definition) is 3. The van der Waals surface area contributed by atoms with Crippen molar-refractivity contribution in [3.05, 3.63) is 0 Å². The van der Waals surface area contributed by atoms with Crippen molar-refractivity contribution in [2.45, 2.75) is 45.2 Å². The highest BCUT2D eigenvalue weighted by molar-refractivity contribution is 5.84. The van der Waals surface area contributed by atoms with Crippen LogP contribution in [0.5, 0.6) is 0 Å². The highest BCUT2D eigenvalue weighted by Crippen LogP contribution is 2.09. The molecule has 0 radical (unpaired) electrons. The lowest BCUT2D eigenvalue weighted by atomic mass is 10.0. The monoisotopic (exact) mass is 285 g/mol. The summed E-state index contributed by atoms with van der Waals surface area (Å²) in [5, 5.41) is 0. The van der Waals surface area contributed by atoms with Crippen LogP contribution in [0.25, 0.3) is 0 Å². The molecule has 0 heterocycles. The third-order valence-electron chi connectivity index (χ3n) is 3.00. The van der Waals surface area contributed by atoms with Gasteiger partial charge in [-0.05, 0) is 25.2 Å². The van der Waals surface area contributed by atoms with Gasteiger partial charge in [-0.2, -0.15) is 0 Å². The van der Waals surface area contributed by atoms with Crippen molar-refractivity contribution in [2.24, 2.45) is 28.1 Å². The summed E-state index contributed by atoms with van der Waals surface area (Å²) in [6, 6.07) is -1.06. The van der Waals surface area contributed by atoms with Crippen LogP contribution >= 0.6 is 0 Å². The van der Waals surface area contributed by atoms with Crippen molar-refractivity contribution in [1.82, 2.24) is 4.90 Å². The second kappa shape index (κ2) is 9.30. The molecule has 2 atom stereocenters. The summed E-state index contributed by atoms with van der Waals surface area (Å²) in [6.07, 6.45) is 2.49. The number of nitrogens with two attached hydrogens (primary N) is 3. The molecule has 0 unspecified atom stereocenters. The molecule has 0 aromatic carbocycles. The van der Waals surface area contributed by atoms with Gasteiger partial charge in [0.05, 0.1) is 12.1 Å². The standard InChI is InChI=1S/C13H27N5O2/c1-9(2)7-11(14)12(20)18(3)10(8-19)5-4-6-17-13(15)16/h8-11H,4-7,14H2,1-3H3,(H4,15,16,17)/t10-,11-/m0/s1. The molecule has 0 bridgehead atoms. The minimum atomic E-state index is -0.569. The Bertz CT molecular complexity index is 340. The maximum absolute atomic E-state index is 12.1. The number of guanidine groups is 1. The molecule has 0 fully saturated rings. The fraction of sp³-hybridized carbons (Fsp3) is 0.769. The molecule has 0 aliphatic rings. The minimum Gasteiger partial charge on any atom is -0.370 e. The van der Waals surface area contributed by atoms with Crippen molar-refractivity contribution in [3.63, 3.8) is 0 Å². The van der Waals surface area contributed by atoms with Crippen LogP contribution in [-0.4, -0.2) is 48.7 Å². The highest BCUT2D eigenvalue weighted by atomic mass is 16.2. The van der Waals surface area contributed by atoms with Gasteiger partial charge in [0.2, 0.25) is 5.91 Å². The number of hydrogen-bond acceptors (Lipinski definition) is 4. The van der Waals surface area contributed by atoms with Gasteiger partial charge >= 0.3 is 0 Å². The molecule has 0 aromatic rings. The molecule has 0 saturated carbocycles. The van der Waals surface area contributed by atoms with Crippen LogP contribution in [0.1, 0.15) is 33.1 Å². The van der Waals surface area contributed by atoms with Crippen LogP contribution in [0, 0.1) is 5.92 Å². The molecule has 7 nitrogen and oxygen atoms in total. The Labute approximate surface area is 120 Å². The zero-order valence-electron chi connectivity index (χ0n) is 12.6. The van der Waals surface area contributed by atoms with E-state index in [0.29, 0.717) is 31.7 Å². The van der Waals surface area contributed by atoms with Crippen molar-refractivity contribution in [1.29, 1.82) is 0 Å². The van der Waals surface area contributed by atoms with E-state index in [-0.39, 0.29) is 11.9 Å². The summed E-state index contributed by atoms with van der Waals surface area (Å²) in [7, 11) is 1.60.